The summed E-state index contributed by atoms with van der Waals surface area (Å²) in [6.45, 7) is 5.63. The van der Waals surface area contributed by atoms with Crippen LogP contribution >= 0.6 is 0 Å². The Morgan fingerprint density at radius 1 is 0.771 bits per heavy atom. The summed E-state index contributed by atoms with van der Waals surface area (Å²) < 4.78 is 13.5. The van der Waals surface area contributed by atoms with Gasteiger partial charge in [-0.25, -0.2) is 0 Å². The van der Waals surface area contributed by atoms with Gasteiger partial charge in [-0.1, -0.05) is 122 Å². The van der Waals surface area contributed by atoms with Crippen LogP contribution in [-0.4, -0.2) is 35.6 Å². The van der Waals surface area contributed by atoms with Crippen molar-refractivity contribution < 1.29 is 19.4 Å². The summed E-state index contributed by atoms with van der Waals surface area (Å²) in [5.41, 5.74) is 8.00. The molecule has 5 aromatic rings. The zero-order valence-electron chi connectivity index (χ0n) is 27.8. The van der Waals surface area contributed by atoms with Crippen LogP contribution in [0.5, 0.6) is 0 Å². The Labute approximate surface area is 284 Å². The molecule has 5 unspecified atom stereocenters. The van der Waals surface area contributed by atoms with Crippen LogP contribution in [0.4, 0.5) is 0 Å². The highest BCUT2D eigenvalue weighted by Gasteiger charge is 2.39. The summed E-state index contributed by atoms with van der Waals surface area (Å²) >= 11 is 0. The van der Waals surface area contributed by atoms with Crippen LogP contribution in [0, 0.1) is 5.92 Å². The van der Waals surface area contributed by atoms with Crippen LogP contribution in [0.15, 0.2) is 133 Å². The normalized spacial score (nSPS) is 19.9. The minimum Gasteiger partial charge on any atom is -0.392 e. The van der Waals surface area contributed by atoms with E-state index < -0.39 is 6.29 Å². The van der Waals surface area contributed by atoms with Crippen LogP contribution in [0.1, 0.15) is 70.5 Å². The SMILES string of the molecule is CC1C(CN(C)C(C)c2ccccc2)OC(c2ccc(-c3cccc(CNC(=O)c4ccccc4)c3)cc2)OC1c1ccc(CO)cc1. The molecule has 0 radical (unpaired) electrons. The largest absolute Gasteiger partial charge is 0.392 e. The molecule has 1 saturated heterocycles. The van der Waals surface area contributed by atoms with Gasteiger partial charge in [-0.3, -0.25) is 9.69 Å². The first-order valence-electron chi connectivity index (χ1n) is 16.7. The quantitative estimate of drug-likeness (QED) is 0.152. The molecule has 0 spiro atoms. The summed E-state index contributed by atoms with van der Waals surface area (Å²) in [6.07, 6.45) is -0.794. The first-order chi connectivity index (χ1) is 23.4. The Balaban J connectivity index is 1.19. The summed E-state index contributed by atoms with van der Waals surface area (Å²) in [7, 11) is 2.15. The number of ether oxygens (including phenoxy) is 2. The zero-order valence-corrected chi connectivity index (χ0v) is 27.8. The van der Waals surface area contributed by atoms with Crippen LogP contribution in [-0.2, 0) is 22.6 Å². The van der Waals surface area contributed by atoms with Crippen molar-refractivity contribution in [3.05, 3.63) is 167 Å². The van der Waals surface area contributed by atoms with E-state index in [9.17, 15) is 9.90 Å². The number of benzene rings is 5. The van der Waals surface area contributed by atoms with Gasteiger partial charge in [0, 0.05) is 36.2 Å². The van der Waals surface area contributed by atoms with Crippen molar-refractivity contribution in [1.82, 2.24) is 10.2 Å². The lowest BCUT2D eigenvalue weighted by Crippen LogP contribution is -2.44. The number of hydrogen-bond acceptors (Lipinski definition) is 5. The molecule has 1 heterocycles. The number of rotatable bonds is 11. The zero-order chi connectivity index (χ0) is 33.5. The number of aliphatic hydroxyl groups excluding tert-OH is 1. The fraction of sp³-hybridized carbons (Fsp3) is 0.262. The van der Waals surface area contributed by atoms with Crippen molar-refractivity contribution in [2.75, 3.05) is 13.6 Å². The van der Waals surface area contributed by atoms with Crippen LogP contribution in [0.3, 0.4) is 0 Å². The summed E-state index contributed by atoms with van der Waals surface area (Å²) in [5.74, 6) is 0.00451. The van der Waals surface area contributed by atoms with Crippen LogP contribution in [0.2, 0.25) is 0 Å². The van der Waals surface area contributed by atoms with Gasteiger partial charge < -0.3 is 19.9 Å². The van der Waals surface area contributed by atoms with E-state index in [0.29, 0.717) is 12.1 Å². The van der Waals surface area contributed by atoms with Crippen molar-refractivity contribution in [2.24, 2.45) is 5.92 Å². The van der Waals surface area contributed by atoms with E-state index in [-0.39, 0.29) is 36.7 Å². The molecule has 6 nitrogen and oxygen atoms in total. The Kier molecular flexibility index (Phi) is 10.8. The molecule has 5 atom stereocenters. The van der Waals surface area contributed by atoms with E-state index in [2.05, 4.69) is 104 Å². The van der Waals surface area contributed by atoms with Crippen molar-refractivity contribution in [3.63, 3.8) is 0 Å². The Morgan fingerprint density at radius 3 is 2.12 bits per heavy atom. The third kappa shape index (κ3) is 7.92. The standard InChI is InChI=1S/C42H44N2O4/c1-29-39(27-44(3)30(2)33-12-6-4-7-13-33)47-42(48-40(29)35-19-17-31(28-45)18-20-35)37-23-21-34(22-24-37)38-16-10-11-32(25-38)26-43-41(46)36-14-8-5-9-15-36/h4-25,29-30,39-40,42,45H,26-28H2,1-3H3,(H,43,46). The average Bonchev–Trinajstić information content (AvgIpc) is 3.15. The number of hydrogen-bond donors (Lipinski definition) is 2. The summed E-state index contributed by atoms with van der Waals surface area (Å²) in [4.78, 5) is 14.9. The number of amides is 1. The van der Waals surface area contributed by atoms with Gasteiger partial charge in [0.25, 0.3) is 5.91 Å². The predicted molar refractivity (Wildman–Crippen MR) is 190 cm³/mol. The molecular weight excluding hydrogens is 596 g/mol. The molecule has 0 aromatic heterocycles. The molecule has 48 heavy (non-hydrogen) atoms. The number of aliphatic hydroxyl groups is 1. The number of nitrogens with one attached hydrogen (secondary N) is 1. The molecule has 1 aliphatic rings. The van der Waals surface area contributed by atoms with Crippen molar-refractivity contribution in [1.29, 1.82) is 0 Å². The minimum absolute atomic E-state index is 0.00939. The highest BCUT2D eigenvalue weighted by Crippen LogP contribution is 2.42. The lowest BCUT2D eigenvalue weighted by Gasteiger charge is -2.43. The fourth-order valence-corrected chi connectivity index (χ4v) is 6.32. The van der Waals surface area contributed by atoms with E-state index in [1.54, 1.807) is 0 Å². The van der Waals surface area contributed by atoms with E-state index >= 15 is 0 Å². The molecule has 246 valence electrons. The molecule has 1 amide bonds. The monoisotopic (exact) mass is 640 g/mol. The molecule has 0 bridgehead atoms. The molecular formula is C42H44N2O4. The van der Waals surface area contributed by atoms with Crippen molar-refractivity contribution >= 4 is 5.91 Å². The average molecular weight is 641 g/mol. The lowest BCUT2D eigenvalue weighted by molar-refractivity contribution is -0.276. The van der Waals surface area contributed by atoms with Gasteiger partial charge in [0.2, 0.25) is 0 Å². The maximum Gasteiger partial charge on any atom is 0.251 e. The van der Waals surface area contributed by atoms with E-state index in [1.807, 2.05) is 60.7 Å². The van der Waals surface area contributed by atoms with Gasteiger partial charge in [-0.05, 0) is 65.6 Å². The van der Waals surface area contributed by atoms with Gasteiger partial charge in [-0.2, -0.15) is 0 Å². The predicted octanol–water partition coefficient (Wildman–Crippen LogP) is 8.26. The summed E-state index contributed by atoms with van der Waals surface area (Å²) in [6, 6.07) is 44.7. The molecule has 1 fully saturated rings. The molecule has 2 N–H and O–H groups in total. The maximum absolute atomic E-state index is 12.6. The molecule has 5 aromatic carbocycles. The summed E-state index contributed by atoms with van der Waals surface area (Å²) in [5, 5.41) is 12.6. The Hall–Kier alpha value is -4.59. The van der Waals surface area contributed by atoms with Gasteiger partial charge in [0.1, 0.15) is 0 Å². The first kappa shape index (κ1) is 33.3. The van der Waals surface area contributed by atoms with Crippen molar-refractivity contribution in [2.45, 2.75) is 51.5 Å². The molecule has 0 saturated carbocycles. The second-order valence-electron chi connectivity index (χ2n) is 12.7. The molecule has 1 aliphatic heterocycles. The van der Waals surface area contributed by atoms with E-state index in [0.717, 1.165) is 39.9 Å². The third-order valence-corrected chi connectivity index (χ3v) is 9.47. The van der Waals surface area contributed by atoms with Gasteiger partial charge in [0.15, 0.2) is 6.29 Å². The van der Waals surface area contributed by atoms with Crippen molar-refractivity contribution in [3.8, 4) is 11.1 Å². The number of carbonyl (C=O) groups excluding carboxylic acids is 1. The smallest absolute Gasteiger partial charge is 0.251 e. The first-order valence-corrected chi connectivity index (χ1v) is 16.7. The number of likely N-dealkylation sites (N-methyl/N-ethyl adjacent to an activating group) is 1. The van der Waals surface area contributed by atoms with Crippen LogP contribution < -0.4 is 5.32 Å². The van der Waals surface area contributed by atoms with Crippen LogP contribution in [0.25, 0.3) is 11.1 Å². The fourth-order valence-electron chi connectivity index (χ4n) is 6.32. The second-order valence-corrected chi connectivity index (χ2v) is 12.7. The molecule has 0 aliphatic carbocycles. The maximum atomic E-state index is 12.6. The van der Waals surface area contributed by atoms with E-state index in [4.69, 9.17) is 9.47 Å². The third-order valence-electron chi connectivity index (χ3n) is 9.47. The number of nitrogens with zero attached hydrogens (tertiary/aromatic N) is 1. The minimum atomic E-state index is -0.539. The van der Waals surface area contributed by atoms with Gasteiger partial charge in [-0.15, -0.1) is 0 Å². The lowest BCUT2D eigenvalue weighted by atomic mass is 9.89. The van der Waals surface area contributed by atoms with E-state index in [1.165, 1.54) is 5.56 Å². The Morgan fingerprint density at radius 2 is 1.44 bits per heavy atom. The molecule has 6 heteroatoms. The Bertz CT molecular complexity index is 1760. The highest BCUT2D eigenvalue weighted by atomic mass is 16.7. The number of carbonyl (C=O) groups is 1. The van der Waals surface area contributed by atoms with Gasteiger partial charge in [0.05, 0.1) is 18.8 Å². The van der Waals surface area contributed by atoms with Gasteiger partial charge >= 0.3 is 0 Å². The second kappa shape index (κ2) is 15.5. The highest BCUT2D eigenvalue weighted by molar-refractivity contribution is 5.94. The molecule has 6 rings (SSSR count). The topological polar surface area (TPSA) is 71.0 Å².